The van der Waals surface area contributed by atoms with Gasteiger partial charge in [0.25, 0.3) is 0 Å². The van der Waals surface area contributed by atoms with Crippen LogP contribution in [0.15, 0.2) is 0 Å². The van der Waals surface area contributed by atoms with Crippen LogP contribution in [0, 0.1) is 0 Å². The van der Waals surface area contributed by atoms with Gasteiger partial charge in [-0.15, -0.1) is 0 Å². The zero-order valence-corrected chi connectivity index (χ0v) is 13.7. The van der Waals surface area contributed by atoms with E-state index in [2.05, 4.69) is 4.90 Å². The number of carbonyl (C=O) groups is 2. The van der Waals surface area contributed by atoms with Gasteiger partial charge in [0.05, 0.1) is 6.54 Å². The minimum atomic E-state index is -0.739. The third-order valence-electron chi connectivity index (χ3n) is 4.84. The van der Waals surface area contributed by atoms with Gasteiger partial charge in [0, 0.05) is 39.3 Å². The lowest BCUT2D eigenvalue weighted by molar-refractivity contribution is -0.144. The van der Waals surface area contributed by atoms with Crippen molar-refractivity contribution >= 4 is 11.9 Å². The van der Waals surface area contributed by atoms with Crippen molar-refractivity contribution in [3.05, 3.63) is 0 Å². The highest BCUT2D eigenvalue weighted by Crippen LogP contribution is 2.12. The molecule has 0 aromatic carbocycles. The summed E-state index contributed by atoms with van der Waals surface area (Å²) in [5.41, 5.74) is 0. The topological polar surface area (TPSA) is 64.1 Å². The molecular weight excluding hydrogens is 282 g/mol. The van der Waals surface area contributed by atoms with Gasteiger partial charge in [-0.1, -0.05) is 19.8 Å². The fourth-order valence-corrected chi connectivity index (χ4v) is 3.43. The molecular formula is C16H29N3O3. The van der Waals surface area contributed by atoms with Crippen LogP contribution in [-0.4, -0.2) is 83.5 Å². The molecule has 1 unspecified atom stereocenters. The first-order valence-corrected chi connectivity index (χ1v) is 8.58. The van der Waals surface area contributed by atoms with Crippen molar-refractivity contribution in [2.75, 3.05) is 45.8 Å². The lowest BCUT2D eigenvalue weighted by Crippen LogP contribution is -2.54. The van der Waals surface area contributed by atoms with E-state index < -0.39 is 5.97 Å². The summed E-state index contributed by atoms with van der Waals surface area (Å²) in [6.07, 6.45) is 5.33. The molecule has 6 heteroatoms. The van der Waals surface area contributed by atoms with Crippen molar-refractivity contribution < 1.29 is 14.7 Å². The number of nitrogens with zero attached hydrogens (tertiary/aromatic N) is 3. The zero-order valence-electron chi connectivity index (χ0n) is 13.7. The summed E-state index contributed by atoms with van der Waals surface area (Å²) in [5, 5.41) is 9.22. The molecule has 2 aliphatic heterocycles. The molecule has 2 rings (SSSR count). The fraction of sp³-hybridized carbons (Fsp3) is 0.875. The monoisotopic (exact) mass is 311 g/mol. The molecule has 126 valence electrons. The number of carboxylic acid groups (broad SMARTS) is 1. The zero-order chi connectivity index (χ0) is 15.9. The van der Waals surface area contributed by atoms with E-state index in [1.165, 1.54) is 12.8 Å². The number of aliphatic carboxylic acids is 1. The maximum Gasteiger partial charge on any atom is 0.320 e. The second kappa shape index (κ2) is 8.48. The molecule has 0 aromatic rings. The number of hydrogen-bond donors (Lipinski definition) is 1. The Morgan fingerprint density at radius 3 is 2.05 bits per heavy atom. The second-order valence-electron chi connectivity index (χ2n) is 6.37. The molecule has 0 spiro atoms. The molecule has 0 bridgehead atoms. The van der Waals surface area contributed by atoms with E-state index in [9.17, 15) is 14.7 Å². The first-order chi connectivity index (χ1) is 10.6. The molecule has 0 aliphatic carbocycles. The van der Waals surface area contributed by atoms with Crippen molar-refractivity contribution in [2.45, 2.75) is 45.1 Å². The molecule has 2 saturated heterocycles. The summed E-state index contributed by atoms with van der Waals surface area (Å²) in [6.45, 7) is 7.22. The lowest BCUT2D eigenvalue weighted by atomic mass is 10.1. The standard InChI is InChI=1S/C16H29N3O3/c1-2-14(16(21)22)18-11-9-17(10-12-18)13-15(20)19-7-5-3-4-6-8-19/h14H,2-13H2,1H3,(H,21,22). The predicted octanol–water partition coefficient (Wildman–Crippen LogP) is 0.870. The predicted molar refractivity (Wildman–Crippen MR) is 84.8 cm³/mol. The Hall–Kier alpha value is -1.14. The maximum atomic E-state index is 12.4. The Kier molecular flexibility index (Phi) is 6.64. The van der Waals surface area contributed by atoms with Crippen molar-refractivity contribution in [3.63, 3.8) is 0 Å². The van der Waals surface area contributed by atoms with Gasteiger partial charge in [0.15, 0.2) is 0 Å². The number of rotatable bonds is 5. The Morgan fingerprint density at radius 2 is 1.55 bits per heavy atom. The summed E-state index contributed by atoms with van der Waals surface area (Å²) in [6, 6.07) is -0.386. The smallest absolute Gasteiger partial charge is 0.320 e. The van der Waals surface area contributed by atoms with Crippen molar-refractivity contribution in [3.8, 4) is 0 Å². The molecule has 2 heterocycles. The Labute approximate surface area is 133 Å². The van der Waals surface area contributed by atoms with Crippen LogP contribution in [0.25, 0.3) is 0 Å². The minimum absolute atomic E-state index is 0.237. The summed E-state index contributed by atoms with van der Waals surface area (Å²) in [4.78, 5) is 29.8. The van der Waals surface area contributed by atoms with Crippen molar-refractivity contribution in [1.29, 1.82) is 0 Å². The molecule has 0 saturated carbocycles. The van der Waals surface area contributed by atoms with Crippen LogP contribution in [0.2, 0.25) is 0 Å². The van der Waals surface area contributed by atoms with E-state index in [0.29, 0.717) is 13.0 Å². The number of carboxylic acids is 1. The minimum Gasteiger partial charge on any atom is -0.480 e. The van der Waals surface area contributed by atoms with Crippen LogP contribution in [-0.2, 0) is 9.59 Å². The van der Waals surface area contributed by atoms with E-state index >= 15 is 0 Å². The number of likely N-dealkylation sites (tertiary alicyclic amines) is 1. The van der Waals surface area contributed by atoms with E-state index in [-0.39, 0.29) is 11.9 Å². The van der Waals surface area contributed by atoms with Gasteiger partial charge in [0.1, 0.15) is 6.04 Å². The van der Waals surface area contributed by atoms with Gasteiger partial charge in [-0.2, -0.15) is 0 Å². The highest BCUT2D eigenvalue weighted by atomic mass is 16.4. The number of carbonyl (C=O) groups excluding carboxylic acids is 1. The van der Waals surface area contributed by atoms with E-state index in [4.69, 9.17) is 0 Å². The summed E-state index contributed by atoms with van der Waals surface area (Å²) in [5.74, 6) is -0.503. The SMILES string of the molecule is CCC(C(=O)O)N1CCN(CC(=O)N2CCCCCC2)CC1. The molecule has 1 atom stereocenters. The normalized spacial score (nSPS) is 23.0. The first-order valence-electron chi connectivity index (χ1n) is 8.58. The first kappa shape index (κ1) is 17.2. The highest BCUT2D eigenvalue weighted by molar-refractivity contribution is 5.78. The third-order valence-corrected chi connectivity index (χ3v) is 4.84. The third kappa shape index (κ3) is 4.68. The van der Waals surface area contributed by atoms with Crippen molar-refractivity contribution in [2.24, 2.45) is 0 Å². The van der Waals surface area contributed by atoms with E-state index in [1.54, 1.807) is 0 Å². The molecule has 0 aromatic heterocycles. The van der Waals surface area contributed by atoms with E-state index in [0.717, 1.165) is 52.1 Å². The van der Waals surface area contributed by atoms with Gasteiger partial charge < -0.3 is 10.0 Å². The Balaban J connectivity index is 1.76. The number of hydrogen-bond acceptors (Lipinski definition) is 4. The summed E-state index contributed by atoms with van der Waals surface area (Å²) < 4.78 is 0. The maximum absolute atomic E-state index is 12.4. The summed E-state index contributed by atoms with van der Waals surface area (Å²) in [7, 11) is 0. The lowest BCUT2D eigenvalue weighted by Gasteiger charge is -2.37. The van der Waals surface area contributed by atoms with Crippen LogP contribution in [0.4, 0.5) is 0 Å². The van der Waals surface area contributed by atoms with Crippen LogP contribution >= 0.6 is 0 Å². The molecule has 6 nitrogen and oxygen atoms in total. The molecule has 0 radical (unpaired) electrons. The average molecular weight is 311 g/mol. The Bertz CT molecular complexity index is 373. The van der Waals surface area contributed by atoms with Crippen LogP contribution < -0.4 is 0 Å². The summed E-state index contributed by atoms with van der Waals surface area (Å²) >= 11 is 0. The second-order valence-corrected chi connectivity index (χ2v) is 6.37. The number of piperazine rings is 1. The quantitative estimate of drug-likeness (QED) is 0.816. The highest BCUT2D eigenvalue weighted by Gasteiger charge is 2.28. The fourth-order valence-electron chi connectivity index (χ4n) is 3.43. The van der Waals surface area contributed by atoms with Gasteiger partial charge in [-0.05, 0) is 19.3 Å². The molecule has 2 aliphatic rings. The Morgan fingerprint density at radius 1 is 0.955 bits per heavy atom. The van der Waals surface area contributed by atoms with Crippen LogP contribution in [0.1, 0.15) is 39.0 Å². The average Bonchev–Trinajstić information content (AvgIpc) is 2.78. The molecule has 2 fully saturated rings. The van der Waals surface area contributed by atoms with E-state index in [1.807, 2.05) is 16.7 Å². The van der Waals surface area contributed by atoms with Crippen LogP contribution in [0.3, 0.4) is 0 Å². The van der Waals surface area contributed by atoms with Gasteiger partial charge in [0.2, 0.25) is 5.91 Å². The van der Waals surface area contributed by atoms with Gasteiger partial charge >= 0.3 is 5.97 Å². The molecule has 1 amide bonds. The molecule has 22 heavy (non-hydrogen) atoms. The van der Waals surface area contributed by atoms with Gasteiger partial charge in [-0.3, -0.25) is 19.4 Å². The number of amides is 1. The molecule has 1 N–H and O–H groups in total. The van der Waals surface area contributed by atoms with Gasteiger partial charge in [-0.25, -0.2) is 0 Å². The van der Waals surface area contributed by atoms with Crippen molar-refractivity contribution in [1.82, 2.24) is 14.7 Å². The van der Waals surface area contributed by atoms with Crippen LogP contribution in [0.5, 0.6) is 0 Å². The largest absolute Gasteiger partial charge is 0.480 e.